The van der Waals surface area contributed by atoms with Crippen LogP contribution in [-0.2, 0) is 6.54 Å². The maximum Gasteiger partial charge on any atom is 0.573 e. The number of nitrogens with zero attached hydrogens (tertiary/aromatic N) is 5. The predicted octanol–water partition coefficient (Wildman–Crippen LogP) is 6.33. The van der Waals surface area contributed by atoms with Crippen LogP contribution in [0.25, 0.3) is 5.69 Å². The van der Waals surface area contributed by atoms with E-state index in [1.54, 1.807) is 36.3 Å². The molecule has 2 atom stereocenters. The Morgan fingerprint density at radius 1 is 1.14 bits per heavy atom. The number of ether oxygens (including phenoxy) is 2. The molecule has 1 N–H and O–H groups in total. The first-order valence-corrected chi connectivity index (χ1v) is 12.0. The fraction of sp³-hybridized carbons (Fsp3) is 0.320. The van der Waals surface area contributed by atoms with Gasteiger partial charge in [0.25, 0.3) is 0 Å². The fourth-order valence-electron chi connectivity index (χ4n) is 4.51. The van der Waals surface area contributed by atoms with Gasteiger partial charge in [-0.1, -0.05) is 30.7 Å². The van der Waals surface area contributed by atoms with Crippen molar-refractivity contribution in [3.05, 3.63) is 71.5 Å². The Kier molecular flexibility index (Phi) is 6.72. The Labute approximate surface area is 216 Å². The number of anilines is 2. The summed E-state index contributed by atoms with van der Waals surface area (Å²) in [4.78, 5) is 8.81. The first-order chi connectivity index (χ1) is 17.7. The van der Waals surface area contributed by atoms with E-state index in [1.807, 2.05) is 22.9 Å². The van der Waals surface area contributed by atoms with Gasteiger partial charge in [-0.3, -0.25) is 0 Å². The Hall–Kier alpha value is -3.73. The number of hydrogen-bond acceptors (Lipinski definition) is 6. The molecule has 4 aromatic rings. The number of methoxy groups -OCH3 is 1. The average Bonchev–Trinajstić information content (AvgIpc) is 3.43. The van der Waals surface area contributed by atoms with Crippen molar-refractivity contribution in [3.63, 3.8) is 0 Å². The number of imidazole rings is 1. The molecule has 0 spiro atoms. The molecule has 12 heteroatoms. The third-order valence-corrected chi connectivity index (χ3v) is 6.46. The normalized spacial score (nSPS) is 17.7. The number of hydrogen-bond donors (Lipinski definition) is 1. The molecule has 0 saturated heterocycles. The van der Waals surface area contributed by atoms with Gasteiger partial charge in [0, 0.05) is 30.4 Å². The van der Waals surface area contributed by atoms with Crippen LogP contribution in [0.5, 0.6) is 11.5 Å². The lowest BCUT2D eigenvalue weighted by Gasteiger charge is -2.17. The molecule has 0 saturated carbocycles. The van der Waals surface area contributed by atoms with Crippen molar-refractivity contribution < 1.29 is 22.6 Å². The minimum atomic E-state index is -4.73. The summed E-state index contributed by atoms with van der Waals surface area (Å²) in [6.45, 7) is 2.85. The first kappa shape index (κ1) is 24.9. The van der Waals surface area contributed by atoms with Crippen LogP contribution >= 0.6 is 11.6 Å². The minimum Gasteiger partial charge on any atom is -0.494 e. The fourth-order valence-corrected chi connectivity index (χ4v) is 4.66. The number of alkyl halides is 3. The number of benzene rings is 2. The lowest BCUT2D eigenvalue weighted by atomic mass is 9.88. The molecule has 0 amide bonds. The molecule has 2 aromatic heterocycles. The molecule has 2 aromatic carbocycles. The van der Waals surface area contributed by atoms with Crippen LogP contribution in [0.3, 0.4) is 0 Å². The minimum absolute atomic E-state index is 0.122. The number of nitrogens with one attached hydrogen (secondary N) is 1. The van der Waals surface area contributed by atoms with Crippen LogP contribution in [0, 0.1) is 5.92 Å². The zero-order valence-corrected chi connectivity index (χ0v) is 20.8. The van der Waals surface area contributed by atoms with Gasteiger partial charge in [-0.2, -0.15) is 4.98 Å². The lowest BCUT2D eigenvalue weighted by molar-refractivity contribution is -0.274. The van der Waals surface area contributed by atoms with Crippen molar-refractivity contribution in [2.24, 2.45) is 5.92 Å². The summed E-state index contributed by atoms with van der Waals surface area (Å²) in [5.41, 5.74) is 2.35. The molecular weight excluding hydrogens is 509 g/mol. The molecule has 0 fully saturated rings. The smallest absolute Gasteiger partial charge is 0.494 e. The number of fused-ring (bicyclic) bond motifs is 1. The van der Waals surface area contributed by atoms with Gasteiger partial charge in [-0.15, -0.1) is 18.3 Å². The monoisotopic (exact) mass is 532 g/mol. The van der Waals surface area contributed by atoms with Crippen LogP contribution < -0.4 is 14.8 Å². The average molecular weight is 533 g/mol. The Bertz CT molecular complexity index is 1390. The van der Waals surface area contributed by atoms with Gasteiger partial charge in [0.1, 0.15) is 28.8 Å². The van der Waals surface area contributed by atoms with Gasteiger partial charge in [-0.05, 0) is 48.6 Å². The number of rotatable bonds is 6. The summed E-state index contributed by atoms with van der Waals surface area (Å²) in [6, 6.07) is 11.5. The summed E-state index contributed by atoms with van der Waals surface area (Å²) in [6.07, 6.45) is 0.268. The topological polar surface area (TPSA) is 79.0 Å². The Morgan fingerprint density at radius 3 is 2.59 bits per heavy atom. The summed E-state index contributed by atoms with van der Waals surface area (Å²) < 4.78 is 50.9. The van der Waals surface area contributed by atoms with E-state index in [0.29, 0.717) is 29.3 Å². The first-order valence-electron chi connectivity index (χ1n) is 11.6. The third kappa shape index (κ3) is 5.66. The number of halogens is 4. The molecule has 37 heavy (non-hydrogen) atoms. The van der Waals surface area contributed by atoms with Crippen molar-refractivity contribution in [1.82, 2.24) is 24.3 Å². The molecule has 0 bridgehead atoms. The van der Waals surface area contributed by atoms with Gasteiger partial charge in [0.15, 0.2) is 0 Å². The maximum absolute atomic E-state index is 12.6. The van der Waals surface area contributed by atoms with Gasteiger partial charge in [-0.25, -0.2) is 9.67 Å². The molecule has 1 aliphatic rings. The van der Waals surface area contributed by atoms with Gasteiger partial charge in [0.05, 0.1) is 12.8 Å². The highest BCUT2D eigenvalue weighted by atomic mass is 35.5. The second-order valence-corrected chi connectivity index (χ2v) is 9.32. The third-order valence-electron chi connectivity index (χ3n) is 6.26. The number of aryl methyl sites for hydroxylation is 1. The van der Waals surface area contributed by atoms with Crippen LogP contribution in [0.4, 0.5) is 24.8 Å². The van der Waals surface area contributed by atoms with Crippen molar-refractivity contribution in [2.45, 2.75) is 38.6 Å². The largest absolute Gasteiger partial charge is 0.573 e. The van der Waals surface area contributed by atoms with Gasteiger partial charge < -0.3 is 19.4 Å². The summed E-state index contributed by atoms with van der Waals surface area (Å²) in [7, 11) is 1.58. The number of aromatic nitrogens is 5. The lowest BCUT2D eigenvalue weighted by Crippen LogP contribution is -2.17. The molecule has 3 heterocycles. The zero-order valence-electron chi connectivity index (χ0n) is 20.0. The van der Waals surface area contributed by atoms with Crippen molar-refractivity contribution >= 4 is 23.2 Å². The Morgan fingerprint density at radius 2 is 1.92 bits per heavy atom. The standard InChI is InChI=1S/C25H24ClF3N6O2/c1-15-9-10-35-23(19(11-15)16-3-6-18(7-4-16)37-25(27,28)29)32-24(33-35)31-17-5-8-20(21(12-17)36-2)34-13-22(26)30-14-34/h3-8,12-15,19H,9-11H2,1-2H3,(H,31,33)/t15-,19?/m1/s1. The van der Waals surface area contributed by atoms with E-state index in [1.165, 1.54) is 12.1 Å². The highest BCUT2D eigenvalue weighted by molar-refractivity contribution is 6.29. The van der Waals surface area contributed by atoms with E-state index in [2.05, 4.69) is 27.1 Å². The molecule has 194 valence electrons. The van der Waals surface area contributed by atoms with Crippen LogP contribution in [0.15, 0.2) is 55.0 Å². The van der Waals surface area contributed by atoms with Crippen molar-refractivity contribution in [1.29, 1.82) is 0 Å². The van der Waals surface area contributed by atoms with Crippen molar-refractivity contribution in [3.8, 4) is 17.2 Å². The predicted molar refractivity (Wildman–Crippen MR) is 132 cm³/mol. The van der Waals surface area contributed by atoms with E-state index < -0.39 is 6.36 Å². The molecule has 5 rings (SSSR count). The summed E-state index contributed by atoms with van der Waals surface area (Å²) in [5, 5.41) is 8.28. The molecule has 1 aliphatic heterocycles. The van der Waals surface area contributed by atoms with Crippen LogP contribution in [-0.4, -0.2) is 37.8 Å². The second-order valence-electron chi connectivity index (χ2n) is 8.93. The van der Waals surface area contributed by atoms with E-state index in [9.17, 15) is 13.2 Å². The molecule has 0 aliphatic carbocycles. The maximum atomic E-state index is 12.6. The van der Waals surface area contributed by atoms with E-state index in [4.69, 9.17) is 21.3 Å². The molecule has 0 radical (unpaired) electrons. The second kappa shape index (κ2) is 9.97. The van der Waals surface area contributed by atoms with Gasteiger partial charge >= 0.3 is 6.36 Å². The van der Waals surface area contributed by atoms with Crippen LogP contribution in [0.1, 0.15) is 37.1 Å². The van der Waals surface area contributed by atoms with Gasteiger partial charge in [0.2, 0.25) is 5.95 Å². The molecule has 1 unspecified atom stereocenters. The van der Waals surface area contributed by atoms with E-state index >= 15 is 0 Å². The molecular formula is C25H24ClF3N6O2. The van der Waals surface area contributed by atoms with Crippen molar-refractivity contribution in [2.75, 3.05) is 12.4 Å². The summed E-state index contributed by atoms with van der Waals surface area (Å²) in [5.74, 6) is 1.80. The SMILES string of the molecule is COc1cc(Nc2nc3n(n2)CC[C@@H](C)CC3c2ccc(OC(F)(F)F)cc2)ccc1-n1cnc(Cl)c1. The van der Waals surface area contributed by atoms with Crippen LogP contribution in [0.2, 0.25) is 5.15 Å². The van der Waals surface area contributed by atoms with E-state index in [0.717, 1.165) is 35.6 Å². The zero-order chi connectivity index (χ0) is 26.2. The summed E-state index contributed by atoms with van der Waals surface area (Å²) >= 11 is 5.95. The Balaban J connectivity index is 1.41. The quantitative estimate of drug-likeness (QED) is 0.312. The molecule has 8 nitrogen and oxygen atoms in total. The highest BCUT2D eigenvalue weighted by Gasteiger charge is 2.32. The van der Waals surface area contributed by atoms with E-state index in [-0.39, 0.29) is 11.7 Å². The highest BCUT2D eigenvalue weighted by Crippen LogP contribution is 2.36.